The van der Waals surface area contributed by atoms with Gasteiger partial charge in [-0.2, -0.15) is 0 Å². The maximum Gasteiger partial charge on any atom is 0.183 e. The molecule has 0 spiro atoms. The van der Waals surface area contributed by atoms with Crippen molar-refractivity contribution in [2.45, 2.75) is 20.8 Å². The van der Waals surface area contributed by atoms with E-state index >= 15 is 0 Å². The summed E-state index contributed by atoms with van der Waals surface area (Å²) in [5.41, 5.74) is 2.17. The zero-order valence-corrected chi connectivity index (χ0v) is 11.2. The quantitative estimate of drug-likeness (QED) is 0.897. The number of aromatic nitrogens is 2. The Hall–Kier alpha value is -1.42. The lowest BCUT2D eigenvalue weighted by atomic mass is 10.2. The van der Waals surface area contributed by atoms with Gasteiger partial charge in [-0.1, -0.05) is 31.3 Å². The van der Waals surface area contributed by atoms with E-state index in [1.165, 1.54) is 5.56 Å². The predicted octanol–water partition coefficient (Wildman–Crippen LogP) is 3.58. The van der Waals surface area contributed by atoms with Gasteiger partial charge in [-0.25, -0.2) is 4.98 Å². The molecule has 2 heterocycles. The van der Waals surface area contributed by atoms with E-state index in [2.05, 4.69) is 35.2 Å². The molecular weight excluding hydrogens is 230 g/mol. The zero-order valence-electron chi connectivity index (χ0n) is 10.4. The summed E-state index contributed by atoms with van der Waals surface area (Å²) in [6.07, 6.45) is 3.77. The molecule has 1 N–H and O–H groups in total. The molecule has 3 nitrogen and oxygen atoms in total. The number of thiazole rings is 1. The van der Waals surface area contributed by atoms with E-state index in [4.69, 9.17) is 0 Å². The van der Waals surface area contributed by atoms with E-state index in [1.54, 1.807) is 11.3 Å². The maximum atomic E-state index is 4.40. The van der Waals surface area contributed by atoms with E-state index in [0.29, 0.717) is 5.92 Å². The molecule has 90 valence electrons. The molecule has 17 heavy (non-hydrogen) atoms. The SMILES string of the molecule is Cc1ccc(-c2cnc(NCC(C)C)s2)nc1. The van der Waals surface area contributed by atoms with Crippen LogP contribution in [0.4, 0.5) is 5.13 Å². The molecule has 2 aromatic rings. The van der Waals surface area contributed by atoms with Crippen LogP contribution in [-0.4, -0.2) is 16.5 Å². The van der Waals surface area contributed by atoms with Gasteiger partial charge in [0.25, 0.3) is 0 Å². The fraction of sp³-hybridized carbons (Fsp3) is 0.385. The number of hydrogen-bond acceptors (Lipinski definition) is 4. The molecule has 0 aliphatic rings. The normalized spacial score (nSPS) is 10.8. The van der Waals surface area contributed by atoms with Crippen molar-refractivity contribution >= 4 is 16.5 Å². The molecule has 0 saturated carbocycles. The monoisotopic (exact) mass is 247 g/mol. The Bertz CT molecular complexity index is 474. The van der Waals surface area contributed by atoms with Crippen LogP contribution in [0.1, 0.15) is 19.4 Å². The standard InChI is InChI=1S/C13H17N3S/c1-9(2)6-15-13-16-8-12(17-13)11-5-4-10(3)7-14-11/h4-5,7-9H,6H2,1-3H3,(H,15,16). The van der Waals surface area contributed by atoms with Gasteiger partial charge in [0.1, 0.15) is 0 Å². The summed E-state index contributed by atoms with van der Waals surface area (Å²) in [5, 5.41) is 4.29. The van der Waals surface area contributed by atoms with Gasteiger partial charge < -0.3 is 5.32 Å². The summed E-state index contributed by atoms with van der Waals surface area (Å²) in [6, 6.07) is 4.11. The highest BCUT2D eigenvalue weighted by Gasteiger charge is 2.05. The number of anilines is 1. The Labute approximate surface area is 106 Å². The molecule has 0 unspecified atom stereocenters. The Morgan fingerprint density at radius 1 is 1.24 bits per heavy atom. The van der Waals surface area contributed by atoms with E-state index < -0.39 is 0 Å². The highest BCUT2D eigenvalue weighted by atomic mass is 32.1. The van der Waals surface area contributed by atoms with Gasteiger partial charge in [-0.05, 0) is 24.5 Å². The number of aryl methyl sites for hydroxylation is 1. The van der Waals surface area contributed by atoms with Crippen LogP contribution in [0, 0.1) is 12.8 Å². The molecule has 0 radical (unpaired) electrons. The van der Waals surface area contributed by atoms with E-state index in [-0.39, 0.29) is 0 Å². The van der Waals surface area contributed by atoms with Crippen molar-refractivity contribution in [2.24, 2.45) is 5.92 Å². The van der Waals surface area contributed by atoms with Gasteiger partial charge in [0, 0.05) is 18.9 Å². The summed E-state index contributed by atoms with van der Waals surface area (Å²) in [4.78, 5) is 9.86. The molecule has 0 aromatic carbocycles. The molecule has 2 rings (SSSR count). The molecule has 2 aromatic heterocycles. The molecule has 0 saturated heterocycles. The number of nitrogens with one attached hydrogen (secondary N) is 1. The summed E-state index contributed by atoms with van der Waals surface area (Å²) in [7, 11) is 0. The highest BCUT2D eigenvalue weighted by Crippen LogP contribution is 2.27. The molecule has 0 amide bonds. The molecule has 0 fully saturated rings. The average Bonchev–Trinajstić information content (AvgIpc) is 2.76. The van der Waals surface area contributed by atoms with Gasteiger partial charge in [0.15, 0.2) is 5.13 Å². The third-order valence-electron chi connectivity index (χ3n) is 2.33. The van der Waals surface area contributed by atoms with Crippen LogP contribution < -0.4 is 5.32 Å². The van der Waals surface area contributed by atoms with Crippen LogP contribution in [0.3, 0.4) is 0 Å². The lowest BCUT2D eigenvalue weighted by Crippen LogP contribution is -2.07. The molecule has 0 aliphatic carbocycles. The minimum absolute atomic E-state index is 0.625. The first kappa shape index (κ1) is 12.0. The Morgan fingerprint density at radius 3 is 2.71 bits per heavy atom. The van der Waals surface area contributed by atoms with Gasteiger partial charge in [0.05, 0.1) is 10.6 Å². The maximum absolute atomic E-state index is 4.40. The Balaban J connectivity index is 2.10. The van der Waals surface area contributed by atoms with E-state index in [9.17, 15) is 0 Å². The molecule has 4 heteroatoms. The third-order valence-corrected chi connectivity index (χ3v) is 3.31. The minimum Gasteiger partial charge on any atom is -0.361 e. The van der Waals surface area contributed by atoms with E-state index in [0.717, 1.165) is 22.2 Å². The van der Waals surface area contributed by atoms with Crippen molar-refractivity contribution in [3.05, 3.63) is 30.1 Å². The highest BCUT2D eigenvalue weighted by molar-refractivity contribution is 7.18. The summed E-state index contributed by atoms with van der Waals surface area (Å²) in [5.74, 6) is 0.625. The number of rotatable bonds is 4. The predicted molar refractivity (Wildman–Crippen MR) is 73.4 cm³/mol. The molecule has 0 atom stereocenters. The van der Waals surface area contributed by atoms with Crippen molar-refractivity contribution < 1.29 is 0 Å². The first-order chi connectivity index (χ1) is 8.15. The Morgan fingerprint density at radius 2 is 2.06 bits per heavy atom. The van der Waals surface area contributed by atoms with Crippen LogP contribution in [0.5, 0.6) is 0 Å². The van der Waals surface area contributed by atoms with Crippen molar-refractivity contribution in [1.29, 1.82) is 0 Å². The van der Waals surface area contributed by atoms with Crippen LogP contribution in [0.2, 0.25) is 0 Å². The second-order valence-corrected chi connectivity index (χ2v) is 5.56. The van der Waals surface area contributed by atoms with Crippen molar-refractivity contribution in [3.8, 4) is 10.6 Å². The van der Waals surface area contributed by atoms with Crippen LogP contribution in [0.15, 0.2) is 24.5 Å². The fourth-order valence-corrected chi connectivity index (χ4v) is 2.18. The molecule has 0 bridgehead atoms. The molecule has 0 aliphatic heterocycles. The molecular formula is C13H17N3S. The summed E-state index contributed by atoms with van der Waals surface area (Å²) >= 11 is 1.65. The second kappa shape index (κ2) is 5.27. The first-order valence-electron chi connectivity index (χ1n) is 5.78. The topological polar surface area (TPSA) is 37.8 Å². The first-order valence-corrected chi connectivity index (χ1v) is 6.59. The van der Waals surface area contributed by atoms with Crippen LogP contribution >= 0.6 is 11.3 Å². The fourth-order valence-electron chi connectivity index (χ4n) is 1.38. The van der Waals surface area contributed by atoms with E-state index in [1.807, 2.05) is 25.4 Å². The minimum atomic E-state index is 0.625. The van der Waals surface area contributed by atoms with Gasteiger partial charge in [-0.3, -0.25) is 4.98 Å². The largest absolute Gasteiger partial charge is 0.361 e. The van der Waals surface area contributed by atoms with Crippen molar-refractivity contribution in [1.82, 2.24) is 9.97 Å². The zero-order chi connectivity index (χ0) is 12.3. The lowest BCUT2D eigenvalue weighted by molar-refractivity contribution is 0.688. The number of pyridine rings is 1. The number of nitrogens with zero attached hydrogens (tertiary/aromatic N) is 2. The number of hydrogen-bond donors (Lipinski definition) is 1. The third kappa shape index (κ3) is 3.27. The van der Waals surface area contributed by atoms with Crippen molar-refractivity contribution in [2.75, 3.05) is 11.9 Å². The Kier molecular flexibility index (Phi) is 3.74. The second-order valence-electron chi connectivity index (χ2n) is 4.53. The smallest absolute Gasteiger partial charge is 0.183 e. The lowest BCUT2D eigenvalue weighted by Gasteiger charge is -2.04. The van der Waals surface area contributed by atoms with Crippen LogP contribution in [0.25, 0.3) is 10.6 Å². The van der Waals surface area contributed by atoms with Crippen molar-refractivity contribution in [3.63, 3.8) is 0 Å². The van der Waals surface area contributed by atoms with Gasteiger partial charge in [0.2, 0.25) is 0 Å². The summed E-state index contributed by atoms with van der Waals surface area (Å²) in [6.45, 7) is 7.36. The van der Waals surface area contributed by atoms with Crippen LogP contribution in [-0.2, 0) is 0 Å². The van der Waals surface area contributed by atoms with Gasteiger partial charge >= 0.3 is 0 Å². The summed E-state index contributed by atoms with van der Waals surface area (Å²) < 4.78 is 0. The average molecular weight is 247 g/mol. The van der Waals surface area contributed by atoms with Gasteiger partial charge in [-0.15, -0.1) is 0 Å².